The number of nitrogens with two attached hydrogens (primary N) is 1. The van der Waals surface area contributed by atoms with Gasteiger partial charge in [-0.25, -0.2) is 4.98 Å². The van der Waals surface area contributed by atoms with E-state index in [-0.39, 0.29) is 0 Å². The van der Waals surface area contributed by atoms with E-state index in [1.165, 1.54) is 11.5 Å². The molecule has 7 heteroatoms. The molecule has 0 aliphatic carbocycles. The highest BCUT2D eigenvalue weighted by molar-refractivity contribution is 8.00. The first-order chi connectivity index (χ1) is 7.76. The normalized spacial score (nSPS) is 11.9. The molecule has 1 aromatic heterocycles. The van der Waals surface area contributed by atoms with Crippen LogP contribution in [0, 0.1) is 0 Å². The second kappa shape index (κ2) is 7.45. The topological polar surface area (TPSA) is 84.4 Å². The summed E-state index contributed by atoms with van der Waals surface area (Å²) in [6.07, 6.45) is 3.50. The first-order valence-corrected chi connectivity index (χ1v) is 6.94. The number of hydrogen-bond donors (Lipinski definition) is 2. The second-order valence-corrected chi connectivity index (χ2v) is 5.32. The number of aromatic nitrogens is 2. The van der Waals surface area contributed by atoms with Crippen molar-refractivity contribution in [2.24, 2.45) is 10.9 Å². The van der Waals surface area contributed by atoms with Crippen LogP contribution >= 0.6 is 23.3 Å². The highest BCUT2D eigenvalue weighted by atomic mass is 32.2. The molecule has 0 aliphatic heterocycles. The smallest absolute Gasteiger partial charge is 0.170 e. The average molecular weight is 260 g/mol. The maximum absolute atomic E-state index is 8.34. The summed E-state index contributed by atoms with van der Waals surface area (Å²) < 4.78 is 5.24. The van der Waals surface area contributed by atoms with Crippen LogP contribution in [-0.2, 0) is 6.42 Å². The van der Waals surface area contributed by atoms with Gasteiger partial charge in [0.1, 0.15) is 11.7 Å². The third-order valence-electron chi connectivity index (χ3n) is 1.95. The van der Waals surface area contributed by atoms with Gasteiger partial charge in [0.2, 0.25) is 0 Å². The van der Waals surface area contributed by atoms with Crippen molar-refractivity contribution >= 4 is 29.1 Å². The Kier molecular flexibility index (Phi) is 6.17. The van der Waals surface area contributed by atoms with E-state index in [4.69, 9.17) is 10.9 Å². The van der Waals surface area contributed by atoms with E-state index >= 15 is 0 Å². The molecule has 1 heterocycles. The van der Waals surface area contributed by atoms with Crippen LogP contribution in [0.25, 0.3) is 0 Å². The van der Waals surface area contributed by atoms with Crippen molar-refractivity contribution in [3.63, 3.8) is 0 Å². The minimum atomic E-state index is 0.300. The van der Waals surface area contributed by atoms with Gasteiger partial charge in [-0.05, 0) is 24.4 Å². The Morgan fingerprint density at radius 3 is 3.00 bits per heavy atom. The Balaban J connectivity index is 2.11. The van der Waals surface area contributed by atoms with Crippen LogP contribution in [0.3, 0.4) is 0 Å². The quantitative estimate of drug-likeness (QED) is 0.196. The fraction of sp³-hybridized carbons (Fsp3) is 0.667. The van der Waals surface area contributed by atoms with Crippen LogP contribution in [0.1, 0.15) is 32.0 Å². The van der Waals surface area contributed by atoms with Gasteiger partial charge in [0, 0.05) is 18.6 Å². The summed E-state index contributed by atoms with van der Waals surface area (Å²) in [4.78, 5) is 4.36. The van der Waals surface area contributed by atoms with Gasteiger partial charge >= 0.3 is 0 Å². The summed E-state index contributed by atoms with van der Waals surface area (Å²) in [5.74, 6) is 2.22. The fourth-order valence-corrected chi connectivity index (χ4v) is 2.82. The fourth-order valence-electron chi connectivity index (χ4n) is 1.06. The third kappa shape index (κ3) is 4.80. The predicted octanol–water partition coefficient (Wildman–Crippen LogP) is 2.11. The molecule has 0 unspecified atom stereocenters. The third-order valence-corrected chi connectivity index (χ3v) is 3.90. The molecule has 0 spiro atoms. The Bertz CT molecular complexity index is 340. The summed E-state index contributed by atoms with van der Waals surface area (Å²) in [5.41, 5.74) is 5.36. The largest absolute Gasteiger partial charge is 0.409 e. The molecule has 0 radical (unpaired) electrons. The zero-order valence-electron chi connectivity index (χ0n) is 9.22. The molecule has 0 saturated heterocycles. The lowest BCUT2D eigenvalue weighted by molar-refractivity contribution is 0.316. The van der Waals surface area contributed by atoms with E-state index in [9.17, 15) is 0 Å². The van der Waals surface area contributed by atoms with Crippen LogP contribution in [0.15, 0.2) is 9.50 Å². The van der Waals surface area contributed by atoms with Crippen molar-refractivity contribution in [1.29, 1.82) is 0 Å². The van der Waals surface area contributed by atoms with E-state index < -0.39 is 0 Å². The highest BCUT2D eigenvalue weighted by Crippen LogP contribution is 2.21. The van der Waals surface area contributed by atoms with Crippen molar-refractivity contribution in [1.82, 2.24) is 9.36 Å². The highest BCUT2D eigenvalue weighted by Gasteiger charge is 2.02. The number of unbranched alkanes of at least 4 members (excludes halogenated alkanes) is 1. The molecule has 0 amide bonds. The predicted molar refractivity (Wildman–Crippen MR) is 67.3 cm³/mol. The molecular formula is C9H16N4OS2. The number of oxime groups is 1. The molecule has 0 aliphatic rings. The van der Waals surface area contributed by atoms with Gasteiger partial charge in [0.15, 0.2) is 4.34 Å². The number of rotatable bonds is 7. The lowest BCUT2D eigenvalue weighted by Crippen LogP contribution is -2.10. The van der Waals surface area contributed by atoms with E-state index in [0.717, 1.165) is 35.2 Å². The van der Waals surface area contributed by atoms with Crippen molar-refractivity contribution in [2.75, 3.05) is 5.75 Å². The van der Waals surface area contributed by atoms with Gasteiger partial charge in [-0.2, -0.15) is 4.37 Å². The van der Waals surface area contributed by atoms with Crippen LogP contribution in [0.4, 0.5) is 0 Å². The van der Waals surface area contributed by atoms with Gasteiger partial charge in [-0.3, -0.25) is 0 Å². The Hall–Kier alpha value is -0.820. The van der Waals surface area contributed by atoms with Gasteiger partial charge in [0.05, 0.1) is 0 Å². The first kappa shape index (κ1) is 13.2. The first-order valence-electron chi connectivity index (χ1n) is 5.18. The minimum absolute atomic E-state index is 0.300. The summed E-state index contributed by atoms with van der Waals surface area (Å²) >= 11 is 3.17. The van der Waals surface area contributed by atoms with E-state index in [2.05, 4.69) is 14.5 Å². The number of nitrogens with zero attached hydrogens (tertiary/aromatic N) is 3. The van der Waals surface area contributed by atoms with Crippen LogP contribution < -0.4 is 5.73 Å². The van der Waals surface area contributed by atoms with Gasteiger partial charge < -0.3 is 10.9 Å². The van der Waals surface area contributed by atoms with E-state index in [1.54, 1.807) is 11.8 Å². The molecule has 90 valence electrons. The molecule has 0 aromatic carbocycles. The number of hydrogen-bond acceptors (Lipinski definition) is 6. The van der Waals surface area contributed by atoms with Gasteiger partial charge in [-0.1, -0.05) is 23.8 Å². The van der Waals surface area contributed by atoms with Crippen LogP contribution in [0.2, 0.25) is 0 Å². The molecule has 16 heavy (non-hydrogen) atoms. The number of thioether (sulfide) groups is 1. The van der Waals surface area contributed by atoms with Crippen molar-refractivity contribution in [3.8, 4) is 0 Å². The molecule has 3 N–H and O–H groups in total. The van der Waals surface area contributed by atoms with Gasteiger partial charge in [0.25, 0.3) is 0 Å². The maximum atomic E-state index is 8.34. The zero-order chi connectivity index (χ0) is 11.8. The van der Waals surface area contributed by atoms with Gasteiger partial charge in [-0.15, -0.1) is 0 Å². The zero-order valence-corrected chi connectivity index (χ0v) is 10.9. The molecule has 0 saturated carbocycles. The van der Waals surface area contributed by atoms with Crippen molar-refractivity contribution < 1.29 is 5.21 Å². The molecular weight excluding hydrogens is 244 g/mol. The number of aryl methyl sites for hydroxylation is 1. The summed E-state index contributed by atoms with van der Waals surface area (Å²) in [7, 11) is 0. The summed E-state index contributed by atoms with van der Waals surface area (Å²) in [6, 6.07) is 0. The standard InChI is InChI=1S/C9H16N4OS2/c1-2-8-11-9(16-13-8)15-6-4-3-5-7(10)12-14/h14H,2-6H2,1H3,(H2,10,12). The van der Waals surface area contributed by atoms with Crippen molar-refractivity contribution in [2.45, 2.75) is 36.9 Å². The minimum Gasteiger partial charge on any atom is -0.409 e. The molecule has 5 nitrogen and oxygen atoms in total. The summed E-state index contributed by atoms with van der Waals surface area (Å²) in [5, 5.41) is 11.3. The molecule has 1 rings (SSSR count). The van der Waals surface area contributed by atoms with E-state index in [1.807, 2.05) is 6.92 Å². The number of amidine groups is 1. The summed E-state index contributed by atoms with van der Waals surface area (Å²) in [6.45, 7) is 2.05. The Morgan fingerprint density at radius 2 is 2.38 bits per heavy atom. The monoisotopic (exact) mass is 260 g/mol. The molecule has 0 atom stereocenters. The molecule has 1 aromatic rings. The Morgan fingerprint density at radius 1 is 1.56 bits per heavy atom. The molecule has 0 bridgehead atoms. The Labute approximate surface area is 103 Å². The second-order valence-electron chi connectivity index (χ2n) is 3.23. The maximum Gasteiger partial charge on any atom is 0.170 e. The average Bonchev–Trinajstić information content (AvgIpc) is 2.76. The van der Waals surface area contributed by atoms with Crippen LogP contribution in [0.5, 0.6) is 0 Å². The van der Waals surface area contributed by atoms with E-state index in [0.29, 0.717) is 12.3 Å². The van der Waals surface area contributed by atoms with Crippen LogP contribution in [-0.4, -0.2) is 26.2 Å². The lowest BCUT2D eigenvalue weighted by atomic mass is 10.2. The lowest BCUT2D eigenvalue weighted by Gasteiger charge is -1.98. The SMILES string of the molecule is CCc1nsc(SCCCCC(N)=NO)n1. The molecule has 0 fully saturated rings. The van der Waals surface area contributed by atoms with Crippen molar-refractivity contribution in [3.05, 3.63) is 5.82 Å².